The average molecular weight is 427 g/mol. The molecule has 1 aromatic heterocycles. The van der Waals surface area contributed by atoms with Crippen LogP contribution in [0.2, 0.25) is 0 Å². The van der Waals surface area contributed by atoms with Gasteiger partial charge < -0.3 is 14.7 Å². The topological polar surface area (TPSA) is 55.8 Å². The molecular formula is C23H31FN6O. The number of hydrogen-bond acceptors (Lipinski definition) is 6. The van der Waals surface area contributed by atoms with E-state index >= 15 is 0 Å². The Hall–Kier alpha value is -2.74. The molecule has 4 rings (SSSR count). The van der Waals surface area contributed by atoms with Gasteiger partial charge in [-0.2, -0.15) is 5.10 Å². The fraction of sp³-hybridized carbons (Fsp3) is 0.522. The zero-order valence-electron chi connectivity index (χ0n) is 18.3. The van der Waals surface area contributed by atoms with Crippen molar-refractivity contribution < 1.29 is 9.18 Å². The van der Waals surface area contributed by atoms with Crippen LogP contribution in [0.4, 0.5) is 15.9 Å². The van der Waals surface area contributed by atoms with Crippen molar-refractivity contribution >= 4 is 17.4 Å². The maximum Gasteiger partial charge on any atom is 0.239 e. The van der Waals surface area contributed by atoms with Crippen LogP contribution in [-0.2, 0) is 4.79 Å². The van der Waals surface area contributed by atoms with Gasteiger partial charge in [-0.1, -0.05) is 0 Å². The molecule has 0 spiro atoms. The summed E-state index contributed by atoms with van der Waals surface area (Å²) < 4.78 is 13.2. The van der Waals surface area contributed by atoms with E-state index in [1.807, 2.05) is 31.0 Å². The Bertz CT molecular complexity index is 856. The first-order chi connectivity index (χ1) is 15.0. The number of halogens is 1. The van der Waals surface area contributed by atoms with Gasteiger partial charge in [0.15, 0.2) is 5.82 Å². The number of nitrogens with zero attached hydrogens (tertiary/aromatic N) is 6. The van der Waals surface area contributed by atoms with Crippen molar-refractivity contribution in [2.75, 3.05) is 56.1 Å². The van der Waals surface area contributed by atoms with Crippen LogP contribution in [-0.4, -0.2) is 84.3 Å². The van der Waals surface area contributed by atoms with Gasteiger partial charge in [0.05, 0.1) is 6.04 Å². The van der Waals surface area contributed by atoms with E-state index in [-0.39, 0.29) is 17.8 Å². The fourth-order valence-corrected chi connectivity index (χ4v) is 4.55. The second kappa shape index (κ2) is 9.60. The molecule has 0 N–H and O–H groups in total. The molecule has 3 heterocycles. The Morgan fingerprint density at radius 2 is 1.90 bits per heavy atom. The zero-order chi connectivity index (χ0) is 21.8. The summed E-state index contributed by atoms with van der Waals surface area (Å²) in [6, 6.07) is 10.6. The van der Waals surface area contributed by atoms with Crippen LogP contribution in [0.1, 0.15) is 19.8 Å². The summed E-state index contributed by atoms with van der Waals surface area (Å²) >= 11 is 0. The molecule has 0 radical (unpaired) electrons. The van der Waals surface area contributed by atoms with Gasteiger partial charge in [0.2, 0.25) is 5.91 Å². The molecule has 166 valence electrons. The van der Waals surface area contributed by atoms with Crippen LogP contribution < -0.4 is 9.80 Å². The van der Waals surface area contributed by atoms with Crippen molar-refractivity contribution in [2.45, 2.75) is 31.8 Å². The predicted molar refractivity (Wildman–Crippen MR) is 120 cm³/mol. The van der Waals surface area contributed by atoms with Crippen molar-refractivity contribution in [3.05, 3.63) is 48.4 Å². The van der Waals surface area contributed by atoms with Crippen LogP contribution in [0.5, 0.6) is 0 Å². The van der Waals surface area contributed by atoms with Crippen LogP contribution in [0.15, 0.2) is 42.6 Å². The summed E-state index contributed by atoms with van der Waals surface area (Å²) in [4.78, 5) is 21.8. The Morgan fingerprint density at radius 1 is 1.16 bits per heavy atom. The summed E-state index contributed by atoms with van der Waals surface area (Å²) in [5.74, 6) is 0.856. The second-order valence-corrected chi connectivity index (χ2v) is 8.48. The third-order valence-electron chi connectivity index (χ3n) is 6.53. The lowest BCUT2D eigenvalue weighted by Crippen LogP contribution is -2.55. The molecule has 7 nitrogen and oxygen atoms in total. The van der Waals surface area contributed by atoms with Gasteiger partial charge in [-0.15, -0.1) is 5.10 Å². The quantitative estimate of drug-likeness (QED) is 0.706. The summed E-state index contributed by atoms with van der Waals surface area (Å²) in [6.07, 6.45) is 3.91. The third-order valence-corrected chi connectivity index (χ3v) is 6.53. The van der Waals surface area contributed by atoms with Gasteiger partial charge in [0.1, 0.15) is 5.82 Å². The molecule has 1 amide bonds. The van der Waals surface area contributed by atoms with Crippen molar-refractivity contribution in [2.24, 2.45) is 0 Å². The van der Waals surface area contributed by atoms with E-state index in [0.29, 0.717) is 19.1 Å². The molecule has 2 aliphatic heterocycles. The van der Waals surface area contributed by atoms with Gasteiger partial charge in [0.25, 0.3) is 0 Å². The number of benzene rings is 1. The van der Waals surface area contributed by atoms with E-state index in [2.05, 4.69) is 24.9 Å². The molecular weight excluding hydrogens is 395 g/mol. The molecule has 0 bridgehead atoms. The maximum absolute atomic E-state index is 13.2. The normalized spacial score (nSPS) is 20.4. The summed E-state index contributed by atoms with van der Waals surface area (Å²) in [6.45, 7) is 6.68. The molecule has 2 saturated heterocycles. The van der Waals surface area contributed by atoms with Crippen LogP contribution in [0.3, 0.4) is 0 Å². The molecule has 2 unspecified atom stereocenters. The first-order valence-corrected chi connectivity index (χ1v) is 11.1. The molecule has 31 heavy (non-hydrogen) atoms. The first-order valence-electron chi connectivity index (χ1n) is 11.1. The van der Waals surface area contributed by atoms with Gasteiger partial charge in [-0.05, 0) is 63.2 Å². The number of aromatic nitrogens is 2. The van der Waals surface area contributed by atoms with Crippen molar-refractivity contribution in [1.29, 1.82) is 0 Å². The number of amides is 1. The molecule has 0 saturated carbocycles. The van der Waals surface area contributed by atoms with Crippen molar-refractivity contribution in [1.82, 2.24) is 20.0 Å². The SMILES string of the molecule is CC(C(=O)N1CCN(c2ccc(F)cc2)CC1)N(C)CC1CCCN1c1cccnn1. The monoisotopic (exact) mass is 426 g/mol. The largest absolute Gasteiger partial charge is 0.368 e. The standard InChI is InChI=1S/C23H31FN6O/c1-18(27(2)17-21-5-4-12-30(21)22-6-3-11-25-26-22)23(31)29-15-13-28(14-16-29)20-9-7-19(24)8-10-20/h3,6-11,18,21H,4-5,12-17H2,1-2H3. The zero-order valence-corrected chi connectivity index (χ0v) is 18.3. The third kappa shape index (κ3) is 4.95. The van der Waals surface area contributed by atoms with E-state index in [0.717, 1.165) is 50.5 Å². The number of carbonyl (C=O) groups is 1. The number of piperazine rings is 1. The van der Waals surface area contributed by atoms with Crippen LogP contribution >= 0.6 is 0 Å². The van der Waals surface area contributed by atoms with Gasteiger partial charge >= 0.3 is 0 Å². The Morgan fingerprint density at radius 3 is 2.58 bits per heavy atom. The van der Waals surface area contributed by atoms with E-state index in [1.54, 1.807) is 18.3 Å². The lowest BCUT2D eigenvalue weighted by Gasteiger charge is -2.39. The first kappa shape index (κ1) is 21.5. The Balaban J connectivity index is 1.30. The molecule has 2 aliphatic rings. The molecule has 2 fully saturated rings. The van der Waals surface area contributed by atoms with E-state index in [1.165, 1.54) is 12.1 Å². The summed E-state index contributed by atoms with van der Waals surface area (Å²) in [5.41, 5.74) is 1.00. The minimum Gasteiger partial charge on any atom is -0.368 e. The van der Waals surface area contributed by atoms with Crippen molar-refractivity contribution in [3.8, 4) is 0 Å². The Labute approximate surface area is 183 Å². The van der Waals surface area contributed by atoms with E-state index in [9.17, 15) is 9.18 Å². The molecule has 0 aliphatic carbocycles. The molecule has 1 aromatic carbocycles. The summed E-state index contributed by atoms with van der Waals surface area (Å²) in [5, 5.41) is 8.28. The van der Waals surface area contributed by atoms with Crippen LogP contribution in [0.25, 0.3) is 0 Å². The number of likely N-dealkylation sites (N-methyl/N-ethyl adjacent to an activating group) is 1. The molecule has 8 heteroatoms. The fourth-order valence-electron chi connectivity index (χ4n) is 4.55. The predicted octanol–water partition coefficient (Wildman–Crippen LogP) is 2.25. The van der Waals surface area contributed by atoms with Gasteiger partial charge in [-0.25, -0.2) is 4.39 Å². The van der Waals surface area contributed by atoms with Crippen molar-refractivity contribution in [3.63, 3.8) is 0 Å². The van der Waals surface area contributed by atoms with E-state index in [4.69, 9.17) is 0 Å². The lowest BCUT2D eigenvalue weighted by atomic mass is 10.1. The van der Waals surface area contributed by atoms with Gasteiger partial charge in [0, 0.05) is 57.2 Å². The van der Waals surface area contributed by atoms with Gasteiger partial charge in [-0.3, -0.25) is 9.69 Å². The maximum atomic E-state index is 13.2. The lowest BCUT2D eigenvalue weighted by molar-refractivity contribution is -0.136. The smallest absolute Gasteiger partial charge is 0.239 e. The highest BCUT2D eigenvalue weighted by Gasteiger charge is 2.31. The highest BCUT2D eigenvalue weighted by molar-refractivity contribution is 5.81. The molecule has 2 aromatic rings. The number of anilines is 2. The minimum atomic E-state index is -0.227. The van der Waals surface area contributed by atoms with Crippen LogP contribution in [0, 0.1) is 5.82 Å². The highest BCUT2D eigenvalue weighted by Crippen LogP contribution is 2.24. The molecule has 2 atom stereocenters. The Kier molecular flexibility index (Phi) is 6.65. The number of carbonyl (C=O) groups excluding carboxylic acids is 1. The number of rotatable bonds is 6. The minimum absolute atomic E-state index is 0.172. The average Bonchev–Trinajstić information content (AvgIpc) is 3.27. The second-order valence-electron chi connectivity index (χ2n) is 8.48. The number of hydrogen-bond donors (Lipinski definition) is 0. The highest BCUT2D eigenvalue weighted by atomic mass is 19.1. The summed E-state index contributed by atoms with van der Waals surface area (Å²) in [7, 11) is 2.03. The van der Waals surface area contributed by atoms with E-state index < -0.39 is 0 Å².